The van der Waals surface area contributed by atoms with Crippen molar-refractivity contribution in [2.45, 2.75) is 44.8 Å². The standard InChI is InChI=1S/C11H19BrF3N/c1-2-3-9(6-12)7-16(10-4-5-10)8-11(13,14)15/h9-10H,2-8H2,1H3. The molecule has 5 heteroatoms. The SMILES string of the molecule is CCCC(CBr)CN(CC(F)(F)F)C1CC1. The second kappa shape index (κ2) is 6.24. The van der Waals surface area contributed by atoms with Crippen molar-refractivity contribution in [1.82, 2.24) is 4.90 Å². The van der Waals surface area contributed by atoms with E-state index in [-0.39, 0.29) is 6.04 Å². The van der Waals surface area contributed by atoms with E-state index in [1.165, 1.54) is 0 Å². The van der Waals surface area contributed by atoms with E-state index in [0.717, 1.165) is 31.0 Å². The average molecular weight is 302 g/mol. The highest BCUT2D eigenvalue weighted by Crippen LogP contribution is 2.31. The van der Waals surface area contributed by atoms with Gasteiger partial charge in [0.15, 0.2) is 0 Å². The molecule has 0 aromatic heterocycles. The largest absolute Gasteiger partial charge is 0.401 e. The highest BCUT2D eigenvalue weighted by atomic mass is 79.9. The summed E-state index contributed by atoms with van der Waals surface area (Å²) in [4.78, 5) is 1.61. The molecule has 0 aromatic rings. The molecule has 0 radical (unpaired) electrons. The molecule has 0 saturated heterocycles. The summed E-state index contributed by atoms with van der Waals surface area (Å²) in [5.41, 5.74) is 0. The minimum atomic E-state index is -4.06. The van der Waals surface area contributed by atoms with Crippen molar-refractivity contribution in [3.05, 3.63) is 0 Å². The molecule has 0 aromatic carbocycles. The number of rotatable bonds is 7. The van der Waals surface area contributed by atoms with Crippen LogP contribution in [0.4, 0.5) is 13.2 Å². The summed E-state index contributed by atoms with van der Waals surface area (Å²) in [7, 11) is 0. The lowest BCUT2D eigenvalue weighted by Crippen LogP contribution is -2.39. The molecule has 1 rings (SSSR count). The topological polar surface area (TPSA) is 3.24 Å². The Morgan fingerprint density at radius 3 is 2.38 bits per heavy atom. The second-order valence-corrected chi connectivity index (χ2v) is 5.23. The zero-order chi connectivity index (χ0) is 12.2. The van der Waals surface area contributed by atoms with Crippen LogP contribution in [0.2, 0.25) is 0 Å². The van der Waals surface area contributed by atoms with E-state index < -0.39 is 12.7 Å². The number of nitrogens with zero attached hydrogens (tertiary/aromatic N) is 1. The van der Waals surface area contributed by atoms with Crippen LogP contribution in [0.1, 0.15) is 32.6 Å². The molecule has 0 amide bonds. The van der Waals surface area contributed by atoms with Gasteiger partial charge in [-0.15, -0.1) is 0 Å². The Kier molecular flexibility index (Phi) is 5.57. The molecule has 1 unspecified atom stereocenters. The predicted octanol–water partition coefficient (Wildman–Crippen LogP) is 3.82. The molecule has 0 spiro atoms. The molecule has 96 valence electrons. The Hall–Kier alpha value is 0.230. The Morgan fingerprint density at radius 2 is 2.00 bits per heavy atom. The van der Waals surface area contributed by atoms with Gasteiger partial charge in [0.1, 0.15) is 0 Å². The van der Waals surface area contributed by atoms with Crippen LogP contribution in [0.3, 0.4) is 0 Å². The fraction of sp³-hybridized carbons (Fsp3) is 1.00. The molecular weight excluding hydrogens is 283 g/mol. The van der Waals surface area contributed by atoms with Gasteiger partial charge in [0.2, 0.25) is 0 Å². The first kappa shape index (κ1) is 14.3. The monoisotopic (exact) mass is 301 g/mol. The first-order valence-corrected chi connectivity index (χ1v) is 6.95. The summed E-state index contributed by atoms with van der Waals surface area (Å²) in [6.07, 6.45) is -0.187. The van der Waals surface area contributed by atoms with E-state index in [1.807, 2.05) is 0 Å². The quantitative estimate of drug-likeness (QED) is 0.646. The van der Waals surface area contributed by atoms with Crippen LogP contribution in [0.25, 0.3) is 0 Å². The minimum absolute atomic E-state index is 0.181. The molecule has 0 aliphatic heterocycles. The zero-order valence-corrected chi connectivity index (χ0v) is 11.1. The van der Waals surface area contributed by atoms with Crippen LogP contribution in [-0.2, 0) is 0 Å². The highest BCUT2D eigenvalue weighted by molar-refractivity contribution is 9.09. The van der Waals surface area contributed by atoms with Crippen molar-refractivity contribution in [1.29, 1.82) is 0 Å². The van der Waals surface area contributed by atoms with Gasteiger partial charge in [-0.1, -0.05) is 29.3 Å². The van der Waals surface area contributed by atoms with Gasteiger partial charge < -0.3 is 0 Å². The van der Waals surface area contributed by atoms with Gasteiger partial charge in [0.25, 0.3) is 0 Å². The van der Waals surface area contributed by atoms with Crippen molar-refractivity contribution in [2.24, 2.45) is 5.92 Å². The molecule has 1 aliphatic rings. The number of alkyl halides is 4. The number of hydrogen-bond donors (Lipinski definition) is 0. The van der Waals surface area contributed by atoms with Gasteiger partial charge in [-0.25, -0.2) is 0 Å². The van der Waals surface area contributed by atoms with Crippen molar-refractivity contribution in [3.8, 4) is 0 Å². The Labute approximate surface area is 104 Å². The average Bonchev–Trinajstić information content (AvgIpc) is 2.96. The molecule has 0 N–H and O–H groups in total. The third-order valence-electron chi connectivity index (χ3n) is 2.85. The summed E-state index contributed by atoms with van der Waals surface area (Å²) < 4.78 is 37.1. The molecule has 1 nitrogen and oxygen atoms in total. The zero-order valence-electron chi connectivity index (χ0n) is 9.56. The van der Waals surface area contributed by atoms with Gasteiger partial charge in [-0.2, -0.15) is 13.2 Å². The second-order valence-electron chi connectivity index (χ2n) is 4.58. The first-order valence-electron chi connectivity index (χ1n) is 5.83. The molecule has 1 atom stereocenters. The van der Waals surface area contributed by atoms with E-state index >= 15 is 0 Å². The number of hydrogen-bond acceptors (Lipinski definition) is 1. The lowest BCUT2D eigenvalue weighted by Gasteiger charge is -2.27. The lowest BCUT2D eigenvalue weighted by molar-refractivity contribution is -0.148. The van der Waals surface area contributed by atoms with Crippen LogP contribution < -0.4 is 0 Å². The van der Waals surface area contributed by atoms with Crippen LogP contribution in [0, 0.1) is 5.92 Å². The van der Waals surface area contributed by atoms with Crippen molar-refractivity contribution < 1.29 is 13.2 Å². The molecule has 16 heavy (non-hydrogen) atoms. The van der Waals surface area contributed by atoms with E-state index in [2.05, 4.69) is 22.9 Å². The van der Waals surface area contributed by atoms with Gasteiger partial charge in [-0.05, 0) is 25.2 Å². The maximum absolute atomic E-state index is 12.4. The van der Waals surface area contributed by atoms with E-state index in [4.69, 9.17) is 0 Å². The van der Waals surface area contributed by atoms with Crippen molar-refractivity contribution >= 4 is 15.9 Å². The maximum atomic E-state index is 12.4. The summed E-state index contributed by atoms with van der Waals surface area (Å²) >= 11 is 3.39. The van der Waals surface area contributed by atoms with Crippen LogP contribution in [0.5, 0.6) is 0 Å². The maximum Gasteiger partial charge on any atom is 0.401 e. The Bertz CT molecular complexity index is 204. The lowest BCUT2D eigenvalue weighted by atomic mass is 10.1. The molecular formula is C11H19BrF3N. The van der Waals surface area contributed by atoms with Gasteiger partial charge >= 0.3 is 6.18 Å². The molecule has 1 aliphatic carbocycles. The van der Waals surface area contributed by atoms with Crippen molar-refractivity contribution in [2.75, 3.05) is 18.4 Å². The third kappa shape index (κ3) is 5.53. The van der Waals surface area contributed by atoms with E-state index in [9.17, 15) is 13.2 Å². The Balaban J connectivity index is 2.43. The summed E-state index contributed by atoms with van der Waals surface area (Å²) in [6.45, 7) is 1.90. The van der Waals surface area contributed by atoms with Crippen LogP contribution >= 0.6 is 15.9 Å². The summed E-state index contributed by atoms with van der Waals surface area (Å²) in [6, 6.07) is 0.181. The van der Waals surface area contributed by atoms with Gasteiger partial charge in [-0.3, -0.25) is 4.90 Å². The van der Waals surface area contributed by atoms with Crippen LogP contribution in [-0.4, -0.2) is 35.5 Å². The third-order valence-corrected chi connectivity index (χ3v) is 3.77. The molecule has 1 saturated carbocycles. The summed E-state index contributed by atoms with van der Waals surface area (Å²) in [5.74, 6) is 0.341. The number of halogens is 4. The van der Waals surface area contributed by atoms with Gasteiger partial charge in [0.05, 0.1) is 6.54 Å². The van der Waals surface area contributed by atoms with Crippen LogP contribution in [0.15, 0.2) is 0 Å². The van der Waals surface area contributed by atoms with E-state index in [1.54, 1.807) is 4.90 Å². The van der Waals surface area contributed by atoms with E-state index in [0.29, 0.717) is 12.5 Å². The van der Waals surface area contributed by atoms with Crippen molar-refractivity contribution in [3.63, 3.8) is 0 Å². The molecule has 0 heterocycles. The predicted molar refractivity (Wildman–Crippen MR) is 62.8 cm³/mol. The first-order chi connectivity index (χ1) is 7.46. The minimum Gasteiger partial charge on any atom is -0.292 e. The fourth-order valence-electron chi connectivity index (χ4n) is 1.97. The summed E-state index contributed by atoms with van der Waals surface area (Å²) in [5, 5.41) is 0.794. The molecule has 0 bridgehead atoms. The Morgan fingerprint density at radius 1 is 1.38 bits per heavy atom. The van der Waals surface area contributed by atoms with Gasteiger partial charge in [0, 0.05) is 17.9 Å². The fourth-order valence-corrected chi connectivity index (χ4v) is 2.50. The normalized spacial score (nSPS) is 19.1. The highest BCUT2D eigenvalue weighted by Gasteiger charge is 2.38. The smallest absolute Gasteiger partial charge is 0.292 e. The molecule has 1 fully saturated rings.